The average Bonchev–Trinajstić information content (AvgIpc) is 2.89. The number of hydrogen-bond donors (Lipinski definition) is 1. The Labute approximate surface area is 142 Å². The van der Waals surface area contributed by atoms with Crippen molar-refractivity contribution in [2.75, 3.05) is 5.32 Å². The Morgan fingerprint density at radius 2 is 2.00 bits per heavy atom. The Bertz CT molecular complexity index is 936. The number of carbonyl (C=O) groups excluding carboxylic acids is 1. The largest absolute Gasteiger partial charge is 0.471 e. The first-order valence-electron chi connectivity index (χ1n) is 6.72. The van der Waals surface area contributed by atoms with Crippen molar-refractivity contribution in [3.05, 3.63) is 41.1 Å². The molecule has 0 unspecified atom stereocenters. The SMILES string of the molecule is Cn1ncc2cc(-c3ccc(NC(=O)C(F)(F)F)c(Br)n3)ccc21. The van der Waals surface area contributed by atoms with Crippen LogP contribution < -0.4 is 5.32 Å². The molecule has 0 bridgehead atoms. The fourth-order valence-electron chi connectivity index (χ4n) is 2.20. The van der Waals surface area contributed by atoms with Gasteiger partial charge >= 0.3 is 12.1 Å². The summed E-state index contributed by atoms with van der Waals surface area (Å²) >= 11 is 3.08. The van der Waals surface area contributed by atoms with Crippen LogP contribution in [-0.2, 0) is 11.8 Å². The third-order valence-corrected chi connectivity index (χ3v) is 4.00. The van der Waals surface area contributed by atoms with Gasteiger partial charge in [-0.2, -0.15) is 18.3 Å². The molecular formula is C15H10BrF3N4O. The molecule has 0 spiro atoms. The highest BCUT2D eigenvalue weighted by Gasteiger charge is 2.39. The van der Waals surface area contributed by atoms with Gasteiger partial charge in [0.25, 0.3) is 0 Å². The van der Waals surface area contributed by atoms with Crippen LogP contribution in [0.2, 0.25) is 0 Å². The molecule has 2 heterocycles. The summed E-state index contributed by atoms with van der Waals surface area (Å²) in [5.74, 6) is -2.05. The minimum atomic E-state index is -4.95. The number of anilines is 1. The van der Waals surface area contributed by atoms with E-state index < -0.39 is 12.1 Å². The lowest BCUT2D eigenvalue weighted by Crippen LogP contribution is -2.30. The van der Waals surface area contributed by atoms with Gasteiger partial charge in [-0.05, 0) is 40.2 Å². The highest BCUT2D eigenvalue weighted by molar-refractivity contribution is 9.10. The third-order valence-electron chi connectivity index (χ3n) is 3.40. The van der Waals surface area contributed by atoms with E-state index in [1.54, 1.807) is 16.2 Å². The van der Waals surface area contributed by atoms with Crippen LogP contribution >= 0.6 is 15.9 Å². The van der Waals surface area contributed by atoms with Gasteiger partial charge in [-0.15, -0.1) is 0 Å². The molecule has 0 atom stereocenters. The van der Waals surface area contributed by atoms with Gasteiger partial charge in [0.1, 0.15) is 4.60 Å². The normalized spacial score (nSPS) is 11.7. The van der Waals surface area contributed by atoms with Crippen molar-refractivity contribution in [3.63, 3.8) is 0 Å². The molecule has 0 aliphatic rings. The Balaban J connectivity index is 1.92. The molecule has 2 aromatic heterocycles. The first-order valence-corrected chi connectivity index (χ1v) is 7.52. The fourth-order valence-corrected chi connectivity index (χ4v) is 2.63. The summed E-state index contributed by atoms with van der Waals surface area (Å²) < 4.78 is 38.8. The molecule has 24 heavy (non-hydrogen) atoms. The highest BCUT2D eigenvalue weighted by Crippen LogP contribution is 2.28. The number of hydrogen-bond acceptors (Lipinski definition) is 3. The summed E-state index contributed by atoms with van der Waals surface area (Å²) in [6, 6.07) is 8.50. The molecule has 3 aromatic rings. The van der Waals surface area contributed by atoms with Crippen molar-refractivity contribution in [3.8, 4) is 11.3 Å². The summed E-state index contributed by atoms with van der Waals surface area (Å²) in [4.78, 5) is 15.2. The van der Waals surface area contributed by atoms with Gasteiger partial charge in [-0.1, -0.05) is 6.07 Å². The summed E-state index contributed by atoms with van der Waals surface area (Å²) in [5.41, 5.74) is 2.23. The van der Waals surface area contributed by atoms with Gasteiger partial charge < -0.3 is 5.32 Å². The first-order chi connectivity index (χ1) is 11.3. The van der Waals surface area contributed by atoms with Crippen molar-refractivity contribution >= 4 is 38.4 Å². The summed E-state index contributed by atoms with van der Waals surface area (Å²) in [5, 5.41) is 6.84. The lowest BCUT2D eigenvalue weighted by atomic mass is 10.1. The molecule has 1 amide bonds. The number of nitrogens with one attached hydrogen (secondary N) is 1. The zero-order valence-electron chi connectivity index (χ0n) is 12.2. The van der Waals surface area contributed by atoms with Gasteiger partial charge in [-0.3, -0.25) is 9.48 Å². The quantitative estimate of drug-likeness (QED) is 0.666. The molecule has 0 fully saturated rings. The predicted octanol–water partition coefficient (Wildman–Crippen LogP) is 3.90. The van der Waals surface area contributed by atoms with E-state index in [4.69, 9.17) is 0 Å². The molecule has 3 rings (SSSR count). The summed E-state index contributed by atoms with van der Waals surface area (Å²) in [6.45, 7) is 0. The second-order valence-corrected chi connectivity index (χ2v) is 5.78. The second kappa shape index (κ2) is 5.90. The lowest BCUT2D eigenvalue weighted by molar-refractivity contribution is -0.167. The Kier molecular flexibility index (Phi) is 4.04. The van der Waals surface area contributed by atoms with Crippen LogP contribution in [0.1, 0.15) is 0 Å². The smallest absolute Gasteiger partial charge is 0.316 e. The van der Waals surface area contributed by atoms with Crippen molar-refractivity contribution in [1.82, 2.24) is 14.8 Å². The zero-order valence-corrected chi connectivity index (χ0v) is 13.8. The molecule has 0 saturated heterocycles. The van der Waals surface area contributed by atoms with E-state index in [0.717, 1.165) is 16.5 Å². The zero-order chi connectivity index (χ0) is 17.5. The number of rotatable bonds is 2. The Morgan fingerprint density at radius 1 is 1.25 bits per heavy atom. The fraction of sp³-hybridized carbons (Fsp3) is 0.133. The minimum absolute atomic E-state index is 0.0523. The van der Waals surface area contributed by atoms with Crippen molar-refractivity contribution in [1.29, 1.82) is 0 Å². The number of carbonyl (C=O) groups is 1. The maximum absolute atomic E-state index is 12.3. The van der Waals surface area contributed by atoms with E-state index in [-0.39, 0.29) is 10.3 Å². The molecule has 1 N–H and O–H groups in total. The van der Waals surface area contributed by atoms with Crippen LogP contribution in [0.4, 0.5) is 18.9 Å². The molecule has 0 radical (unpaired) electrons. The van der Waals surface area contributed by atoms with Crippen LogP contribution in [0.3, 0.4) is 0 Å². The van der Waals surface area contributed by atoms with Gasteiger partial charge in [0.15, 0.2) is 0 Å². The second-order valence-electron chi connectivity index (χ2n) is 5.03. The summed E-state index contributed by atoms with van der Waals surface area (Å²) in [7, 11) is 1.83. The van der Waals surface area contributed by atoms with Gasteiger partial charge in [-0.25, -0.2) is 4.98 Å². The lowest BCUT2D eigenvalue weighted by Gasteiger charge is -2.10. The number of benzene rings is 1. The molecule has 124 valence electrons. The van der Waals surface area contributed by atoms with E-state index >= 15 is 0 Å². The number of halogens is 4. The average molecular weight is 399 g/mol. The van der Waals surface area contributed by atoms with E-state index in [0.29, 0.717) is 5.69 Å². The number of aromatic nitrogens is 3. The monoisotopic (exact) mass is 398 g/mol. The number of nitrogens with zero attached hydrogens (tertiary/aromatic N) is 3. The van der Waals surface area contributed by atoms with Crippen LogP contribution in [0, 0.1) is 0 Å². The first kappa shape index (κ1) is 16.4. The van der Waals surface area contributed by atoms with E-state index in [9.17, 15) is 18.0 Å². The standard InChI is InChI=1S/C15H10BrF3N4O/c1-23-12-5-2-8(6-9(12)7-20-23)10-3-4-11(13(16)21-10)22-14(24)15(17,18)19/h2-7H,1H3,(H,22,24). The van der Waals surface area contributed by atoms with E-state index in [1.165, 1.54) is 12.1 Å². The van der Waals surface area contributed by atoms with Crippen LogP contribution in [0.5, 0.6) is 0 Å². The molecule has 1 aromatic carbocycles. The Hall–Kier alpha value is -2.42. The number of pyridine rings is 1. The highest BCUT2D eigenvalue weighted by atomic mass is 79.9. The van der Waals surface area contributed by atoms with Crippen molar-refractivity contribution < 1.29 is 18.0 Å². The van der Waals surface area contributed by atoms with Gasteiger partial charge in [0.05, 0.1) is 23.1 Å². The van der Waals surface area contributed by atoms with E-state index in [2.05, 4.69) is 26.0 Å². The number of alkyl halides is 3. The van der Waals surface area contributed by atoms with Crippen molar-refractivity contribution in [2.45, 2.75) is 6.18 Å². The minimum Gasteiger partial charge on any atom is -0.316 e. The number of amides is 1. The molecule has 5 nitrogen and oxygen atoms in total. The van der Waals surface area contributed by atoms with Crippen LogP contribution in [0.15, 0.2) is 41.1 Å². The predicted molar refractivity (Wildman–Crippen MR) is 86.3 cm³/mol. The third kappa shape index (κ3) is 3.12. The maximum atomic E-state index is 12.3. The Morgan fingerprint density at radius 3 is 2.67 bits per heavy atom. The molecule has 0 aliphatic heterocycles. The number of aryl methyl sites for hydroxylation is 1. The van der Waals surface area contributed by atoms with Gasteiger partial charge in [0.2, 0.25) is 0 Å². The topological polar surface area (TPSA) is 59.8 Å². The van der Waals surface area contributed by atoms with Gasteiger partial charge in [0, 0.05) is 18.0 Å². The van der Waals surface area contributed by atoms with Crippen LogP contribution in [0.25, 0.3) is 22.2 Å². The summed E-state index contributed by atoms with van der Waals surface area (Å²) in [6.07, 6.45) is -3.24. The maximum Gasteiger partial charge on any atom is 0.471 e. The van der Waals surface area contributed by atoms with Crippen LogP contribution in [-0.4, -0.2) is 26.8 Å². The van der Waals surface area contributed by atoms with Crippen molar-refractivity contribution in [2.24, 2.45) is 7.05 Å². The van der Waals surface area contributed by atoms with E-state index in [1.807, 2.05) is 25.2 Å². The number of fused-ring (bicyclic) bond motifs is 1. The molecular weight excluding hydrogens is 389 g/mol. The molecule has 9 heteroatoms. The molecule has 0 aliphatic carbocycles. The molecule has 0 saturated carbocycles.